The number of benzene rings is 2. The summed E-state index contributed by atoms with van der Waals surface area (Å²) in [6, 6.07) is 12.4. The largest absolute Gasteiger partial charge is 0.416 e. The van der Waals surface area contributed by atoms with Crippen LogP contribution in [0.1, 0.15) is 27.0 Å². The van der Waals surface area contributed by atoms with Crippen molar-refractivity contribution in [2.24, 2.45) is 0 Å². The molecule has 1 N–H and O–H groups in total. The van der Waals surface area contributed by atoms with E-state index in [9.17, 15) is 26.4 Å². The van der Waals surface area contributed by atoms with Crippen molar-refractivity contribution in [3.63, 3.8) is 0 Å². The smallest absolute Gasteiger partial charge is 0.322 e. The van der Waals surface area contributed by atoms with Crippen LogP contribution in [0.15, 0.2) is 64.2 Å². The van der Waals surface area contributed by atoms with E-state index in [2.05, 4.69) is 5.32 Å². The third-order valence-corrected chi connectivity index (χ3v) is 8.22. The van der Waals surface area contributed by atoms with Crippen LogP contribution in [0.5, 0.6) is 0 Å². The van der Waals surface area contributed by atoms with Gasteiger partial charge in [0.2, 0.25) is 0 Å². The van der Waals surface area contributed by atoms with E-state index in [4.69, 9.17) is 0 Å². The maximum absolute atomic E-state index is 12.8. The lowest BCUT2D eigenvalue weighted by molar-refractivity contribution is -0.137. The lowest BCUT2D eigenvalue weighted by Gasteiger charge is -2.28. The second-order valence-electron chi connectivity index (χ2n) is 7.03. The fourth-order valence-corrected chi connectivity index (χ4v) is 5.93. The van der Waals surface area contributed by atoms with Crippen LogP contribution in [0.25, 0.3) is 0 Å². The molecule has 0 unspecified atom stereocenters. The molecule has 0 atom stereocenters. The number of alkyl halides is 3. The number of amides is 1. The molecule has 2 heterocycles. The second kappa shape index (κ2) is 8.10. The minimum absolute atomic E-state index is 0.0904. The van der Waals surface area contributed by atoms with E-state index in [1.165, 1.54) is 4.31 Å². The molecule has 5 nitrogen and oxygen atoms in total. The molecule has 0 saturated heterocycles. The highest BCUT2D eigenvalue weighted by atomic mass is 32.2. The number of hydrogen-bond acceptors (Lipinski definition) is 4. The number of anilines is 1. The van der Waals surface area contributed by atoms with E-state index in [0.29, 0.717) is 18.7 Å². The third kappa shape index (κ3) is 4.51. The summed E-state index contributed by atoms with van der Waals surface area (Å²) in [5, 5.41) is 4.37. The van der Waals surface area contributed by atoms with Crippen LogP contribution < -0.4 is 5.32 Å². The fraction of sp³-hybridized carbons (Fsp3) is 0.190. The van der Waals surface area contributed by atoms with Crippen LogP contribution in [0.4, 0.5) is 18.9 Å². The zero-order chi connectivity index (χ0) is 22.2. The first-order valence-corrected chi connectivity index (χ1v) is 11.6. The highest BCUT2D eigenvalue weighted by Crippen LogP contribution is 2.30. The van der Waals surface area contributed by atoms with Crippen LogP contribution in [0.2, 0.25) is 0 Å². The van der Waals surface area contributed by atoms with Crippen molar-refractivity contribution in [2.45, 2.75) is 23.4 Å². The summed E-state index contributed by atoms with van der Waals surface area (Å²) in [6.45, 7) is 0.546. The molecule has 2 aromatic carbocycles. The zero-order valence-electron chi connectivity index (χ0n) is 16.0. The average molecular weight is 467 g/mol. The Morgan fingerprint density at radius 1 is 1.03 bits per heavy atom. The second-order valence-corrected chi connectivity index (χ2v) is 10.1. The first-order valence-electron chi connectivity index (χ1n) is 9.29. The minimum Gasteiger partial charge on any atom is -0.322 e. The molecule has 4 rings (SSSR count). The number of nitrogens with one attached hydrogen (secondary N) is 1. The van der Waals surface area contributed by atoms with Crippen molar-refractivity contribution in [1.29, 1.82) is 0 Å². The summed E-state index contributed by atoms with van der Waals surface area (Å²) in [6.07, 6.45) is -3.92. The molecule has 0 saturated carbocycles. The van der Waals surface area contributed by atoms with E-state index in [0.717, 1.165) is 46.7 Å². The fourth-order valence-electron chi connectivity index (χ4n) is 3.37. The molecule has 1 amide bonds. The Morgan fingerprint density at radius 2 is 1.77 bits per heavy atom. The van der Waals surface area contributed by atoms with Crippen LogP contribution in [0.3, 0.4) is 0 Å². The van der Waals surface area contributed by atoms with Gasteiger partial charge >= 0.3 is 6.18 Å². The molecule has 0 bridgehead atoms. The van der Waals surface area contributed by atoms with Crippen LogP contribution >= 0.6 is 11.3 Å². The maximum Gasteiger partial charge on any atom is 0.416 e. The van der Waals surface area contributed by atoms with Crippen molar-refractivity contribution in [3.8, 4) is 0 Å². The molecule has 0 spiro atoms. The van der Waals surface area contributed by atoms with Crippen LogP contribution in [-0.4, -0.2) is 25.2 Å². The number of thiophene rings is 1. The maximum atomic E-state index is 12.8. The Kier molecular flexibility index (Phi) is 5.63. The molecule has 31 heavy (non-hydrogen) atoms. The van der Waals surface area contributed by atoms with E-state index < -0.39 is 27.7 Å². The van der Waals surface area contributed by atoms with E-state index >= 15 is 0 Å². The molecule has 0 radical (unpaired) electrons. The summed E-state index contributed by atoms with van der Waals surface area (Å²) in [5.74, 6) is -0.549. The van der Waals surface area contributed by atoms with Gasteiger partial charge in [-0.15, -0.1) is 11.3 Å². The summed E-state index contributed by atoms with van der Waals surface area (Å²) < 4.78 is 65.3. The monoisotopic (exact) mass is 466 g/mol. The SMILES string of the molecule is O=C(Nc1ccc2c(c1)CN(S(=O)(=O)c1cccs1)CC2)c1ccc(C(F)(F)F)cc1. The zero-order valence-corrected chi connectivity index (χ0v) is 17.7. The van der Waals surface area contributed by atoms with Gasteiger partial charge in [0.05, 0.1) is 5.56 Å². The van der Waals surface area contributed by atoms with Gasteiger partial charge in [0, 0.05) is 24.3 Å². The van der Waals surface area contributed by atoms with Gasteiger partial charge in [0.15, 0.2) is 0 Å². The van der Waals surface area contributed by atoms with Crippen molar-refractivity contribution in [1.82, 2.24) is 4.31 Å². The Morgan fingerprint density at radius 3 is 2.42 bits per heavy atom. The highest BCUT2D eigenvalue weighted by Gasteiger charge is 2.31. The van der Waals surface area contributed by atoms with Gasteiger partial charge in [-0.25, -0.2) is 8.42 Å². The summed E-state index contributed by atoms with van der Waals surface area (Å²) >= 11 is 1.16. The quantitative estimate of drug-likeness (QED) is 0.603. The first-order chi connectivity index (χ1) is 14.6. The lowest BCUT2D eigenvalue weighted by Crippen LogP contribution is -2.35. The molecule has 1 aromatic heterocycles. The van der Waals surface area contributed by atoms with Gasteiger partial charge in [-0.1, -0.05) is 12.1 Å². The Bertz CT molecular complexity index is 1210. The van der Waals surface area contributed by atoms with Crippen molar-refractivity contribution in [3.05, 3.63) is 82.2 Å². The van der Waals surface area contributed by atoms with Gasteiger partial charge in [-0.2, -0.15) is 17.5 Å². The highest BCUT2D eigenvalue weighted by molar-refractivity contribution is 7.91. The molecule has 3 aromatic rings. The number of halogens is 3. The predicted molar refractivity (Wildman–Crippen MR) is 111 cm³/mol. The topological polar surface area (TPSA) is 66.5 Å². The van der Waals surface area contributed by atoms with Crippen molar-refractivity contribution >= 4 is 33.0 Å². The number of hydrogen-bond donors (Lipinski definition) is 1. The number of carbonyl (C=O) groups excluding carboxylic acids is 1. The third-order valence-electron chi connectivity index (χ3n) is 5.01. The standard InChI is InChI=1S/C21H17F3N2O3S2/c22-21(23,24)17-6-3-15(4-7-17)20(27)25-18-8-5-14-9-10-26(13-16(14)12-18)31(28,29)19-2-1-11-30-19/h1-8,11-12H,9-10,13H2,(H,25,27). The number of sulfonamides is 1. The summed E-state index contributed by atoms with van der Waals surface area (Å²) in [4.78, 5) is 12.4. The van der Waals surface area contributed by atoms with E-state index in [-0.39, 0.29) is 16.3 Å². The normalized spacial score (nSPS) is 14.8. The van der Waals surface area contributed by atoms with Crippen molar-refractivity contribution < 1.29 is 26.4 Å². The van der Waals surface area contributed by atoms with Crippen molar-refractivity contribution in [2.75, 3.05) is 11.9 Å². The number of carbonyl (C=O) groups is 1. The molecular formula is C21H17F3N2O3S2. The number of nitrogens with zero attached hydrogens (tertiary/aromatic N) is 1. The van der Waals surface area contributed by atoms with Gasteiger partial charge < -0.3 is 5.32 Å². The number of fused-ring (bicyclic) bond motifs is 1. The first kappa shape index (κ1) is 21.5. The molecule has 162 valence electrons. The lowest BCUT2D eigenvalue weighted by atomic mass is 10.0. The summed E-state index contributed by atoms with van der Waals surface area (Å²) in [5.41, 5.74) is 1.47. The van der Waals surface area contributed by atoms with E-state index in [1.807, 2.05) is 6.07 Å². The molecular weight excluding hydrogens is 449 g/mol. The van der Waals surface area contributed by atoms with E-state index in [1.54, 1.807) is 29.6 Å². The average Bonchev–Trinajstić information content (AvgIpc) is 3.28. The summed E-state index contributed by atoms with van der Waals surface area (Å²) in [7, 11) is -3.58. The Balaban J connectivity index is 1.50. The molecule has 1 aliphatic heterocycles. The predicted octanol–water partition coefficient (Wildman–Crippen LogP) is 4.77. The molecule has 10 heteroatoms. The van der Waals surface area contributed by atoms with Crippen LogP contribution in [-0.2, 0) is 29.2 Å². The molecule has 0 aliphatic carbocycles. The molecule has 0 fully saturated rings. The Hall–Kier alpha value is -2.69. The molecule has 1 aliphatic rings. The van der Waals surface area contributed by atoms with Gasteiger partial charge in [0.1, 0.15) is 4.21 Å². The minimum atomic E-state index is -4.47. The van der Waals surface area contributed by atoms with Gasteiger partial charge in [-0.05, 0) is 65.4 Å². The number of rotatable bonds is 4. The van der Waals surface area contributed by atoms with Crippen LogP contribution in [0, 0.1) is 0 Å². The van der Waals surface area contributed by atoms with Gasteiger partial charge in [-0.3, -0.25) is 4.79 Å². The van der Waals surface area contributed by atoms with Gasteiger partial charge in [0.25, 0.3) is 15.9 Å². The Labute approximate surface area is 181 Å².